The van der Waals surface area contributed by atoms with Gasteiger partial charge in [0, 0.05) is 10.7 Å². The van der Waals surface area contributed by atoms with Gasteiger partial charge in [0.05, 0.1) is 22.3 Å². The van der Waals surface area contributed by atoms with Crippen molar-refractivity contribution in [1.82, 2.24) is 0 Å². The first kappa shape index (κ1) is 20.2. The third kappa shape index (κ3) is 4.46. The number of halogens is 2. The second kappa shape index (κ2) is 8.20. The van der Waals surface area contributed by atoms with Crippen molar-refractivity contribution >= 4 is 61.8 Å². The monoisotopic (exact) mass is 451 g/mol. The molecule has 1 aromatic heterocycles. The van der Waals surface area contributed by atoms with Gasteiger partial charge in [0.25, 0.3) is 15.9 Å². The summed E-state index contributed by atoms with van der Waals surface area (Å²) in [5.41, 5.74) is 0.834. The summed E-state index contributed by atoms with van der Waals surface area (Å²) in [6, 6.07) is 13.8. The van der Waals surface area contributed by atoms with Gasteiger partial charge in [-0.1, -0.05) is 29.3 Å². The second-order valence-electron chi connectivity index (χ2n) is 5.49. The highest BCUT2D eigenvalue weighted by molar-refractivity contribution is 7.92. The van der Waals surface area contributed by atoms with Crippen LogP contribution in [0.5, 0.6) is 0 Å². The van der Waals surface area contributed by atoms with E-state index >= 15 is 0 Å². The lowest BCUT2D eigenvalue weighted by molar-refractivity contribution is 0.103. The molecular formula is C18H11Cl2N3O3S2. The normalized spacial score (nSPS) is 10.9. The third-order valence-corrected chi connectivity index (χ3v) is 6.55. The zero-order chi connectivity index (χ0) is 20.3. The highest BCUT2D eigenvalue weighted by atomic mass is 35.5. The minimum absolute atomic E-state index is 0.0910. The summed E-state index contributed by atoms with van der Waals surface area (Å²) >= 11 is 13.0. The molecular weight excluding hydrogens is 441 g/mol. The lowest BCUT2D eigenvalue weighted by Gasteiger charge is -2.11. The Morgan fingerprint density at radius 3 is 2.57 bits per heavy atom. The highest BCUT2D eigenvalue weighted by Gasteiger charge is 2.22. The van der Waals surface area contributed by atoms with Crippen molar-refractivity contribution in [2.24, 2.45) is 0 Å². The van der Waals surface area contributed by atoms with Gasteiger partial charge >= 0.3 is 0 Å². The number of anilines is 2. The molecule has 0 saturated carbocycles. The summed E-state index contributed by atoms with van der Waals surface area (Å²) in [6.45, 7) is 0. The number of nitriles is 1. The standard InChI is InChI=1S/C18H11Cl2N3O3S2/c19-12-2-1-3-13(9-12)22-18(24)17-15(6-7-27-17)23-28(25,26)16-5-4-11(10-21)8-14(16)20/h1-9,23H,(H,22,24). The number of nitrogens with zero attached hydrogens (tertiary/aromatic N) is 1. The van der Waals surface area contributed by atoms with Gasteiger partial charge in [0.15, 0.2) is 0 Å². The fraction of sp³-hybridized carbons (Fsp3) is 0. The first-order valence-corrected chi connectivity index (χ1v) is 10.8. The molecule has 6 nitrogen and oxygen atoms in total. The maximum Gasteiger partial charge on any atom is 0.267 e. The van der Waals surface area contributed by atoms with Crippen LogP contribution >= 0.6 is 34.5 Å². The molecule has 1 amide bonds. The number of carbonyl (C=O) groups is 1. The molecule has 0 aliphatic carbocycles. The number of amides is 1. The van der Waals surface area contributed by atoms with Crippen molar-refractivity contribution in [3.05, 3.63) is 74.4 Å². The van der Waals surface area contributed by atoms with Crippen LogP contribution in [0.3, 0.4) is 0 Å². The first-order chi connectivity index (χ1) is 13.3. The van der Waals surface area contributed by atoms with Gasteiger partial charge in [0.1, 0.15) is 9.77 Å². The van der Waals surface area contributed by atoms with Crippen LogP contribution in [-0.2, 0) is 10.0 Å². The minimum Gasteiger partial charge on any atom is -0.321 e. The van der Waals surface area contributed by atoms with Crippen LogP contribution in [0.25, 0.3) is 0 Å². The lowest BCUT2D eigenvalue weighted by atomic mass is 10.2. The summed E-state index contributed by atoms with van der Waals surface area (Å²) < 4.78 is 27.7. The van der Waals surface area contributed by atoms with Gasteiger partial charge in [-0.05, 0) is 47.8 Å². The smallest absolute Gasteiger partial charge is 0.267 e. The number of nitrogens with one attached hydrogen (secondary N) is 2. The molecule has 3 aromatic rings. The van der Waals surface area contributed by atoms with Crippen LogP contribution in [0.2, 0.25) is 10.0 Å². The summed E-state index contributed by atoms with van der Waals surface area (Å²) in [4.78, 5) is 12.5. The van der Waals surface area contributed by atoms with Crippen molar-refractivity contribution in [2.75, 3.05) is 10.0 Å². The van der Waals surface area contributed by atoms with Crippen molar-refractivity contribution in [3.8, 4) is 6.07 Å². The predicted molar refractivity (Wildman–Crippen MR) is 111 cm³/mol. The van der Waals surface area contributed by atoms with Crippen LogP contribution in [0.15, 0.2) is 58.8 Å². The molecule has 0 fully saturated rings. The first-order valence-electron chi connectivity index (χ1n) is 7.67. The predicted octanol–water partition coefficient (Wildman–Crippen LogP) is 4.98. The molecule has 2 aromatic carbocycles. The Balaban J connectivity index is 1.85. The molecule has 0 atom stereocenters. The Labute approximate surface area is 175 Å². The summed E-state index contributed by atoms with van der Waals surface area (Å²) in [6.07, 6.45) is 0. The van der Waals surface area contributed by atoms with Gasteiger partial charge in [-0.25, -0.2) is 8.42 Å². The molecule has 10 heteroatoms. The van der Waals surface area contributed by atoms with Gasteiger partial charge in [0.2, 0.25) is 0 Å². The number of hydrogen-bond donors (Lipinski definition) is 2. The maximum absolute atomic E-state index is 12.7. The van der Waals surface area contributed by atoms with E-state index in [-0.39, 0.29) is 26.0 Å². The van der Waals surface area contributed by atoms with E-state index in [0.29, 0.717) is 10.7 Å². The Hall–Kier alpha value is -2.57. The van der Waals surface area contributed by atoms with Crippen LogP contribution in [0.1, 0.15) is 15.2 Å². The Bertz CT molecular complexity index is 1200. The van der Waals surface area contributed by atoms with E-state index in [9.17, 15) is 13.2 Å². The van der Waals surface area contributed by atoms with E-state index in [1.165, 1.54) is 24.3 Å². The molecule has 142 valence electrons. The molecule has 0 aliphatic heterocycles. The van der Waals surface area contributed by atoms with E-state index in [1.54, 1.807) is 29.6 Å². The zero-order valence-electron chi connectivity index (χ0n) is 13.9. The van der Waals surface area contributed by atoms with Crippen molar-refractivity contribution < 1.29 is 13.2 Å². The van der Waals surface area contributed by atoms with Gasteiger partial charge < -0.3 is 5.32 Å². The van der Waals surface area contributed by atoms with Gasteiger partial charge in [-0.3, -0.25) is 9.52 Å². The molecule has 0 radical (unpaired) electrons. The van der Waals surface area contributed by atoms with Gasteiger partial charge in [-0.15, -0.1) is 11.3 Å². The van der Waals surface area contributed by atoms with Crippen LogP contribution < -0.4 is 10.0 Å². The topological polar surface area (TPSA) is 99.1 Å². The molecule has 28 heavy (non-hydrogen) atoms. The largest absolute Gasteiger partial charge is 0.321 e. The number of thiophene rings is 1. The fourth-order valence-corrected chi connectivity index (χ4v) is 4.92. The number of hydrogen-bond acceptors (Lipinski definition) is 5. The average Bonchev–Trinajstić information content (AvgIpc) is 3.08. The molecule has 0 aliphatic rings. The van der Waals surface area contributed by atoms with E-state index in [4.69, 9.17) is 28.5 Å². The molecule has 1 heterocycles. The Kier molecular flexibility index (Phi) is 5.91. The Morgan fingerprint density at radius 2 is 1.89 bits per heavy atom. The minimum atomic E-state index is -4.06. The molecule has 2 N–H and O–H groups in total. The summed E-state index contributed by atoms with van der Waals surface area (Å²) in [7, 11) is -4.06. The van der Waals surface area contributed by atoms with E-state index in [0.717, 1.165) is 11.3 Å². The Morgan fingerprint density at radius 1 is 1.11 bits per heavy atom. The zero-order valence-corrected chi connectivity index (χ0v) is 17.1. The summed E-state index contributed by atoms with van der Waals surface area (Å²) in [5.74, 6) is -0.485. The maximum atomic E-state index is 12.7. The van der Waals surface area contributed by atoms with Crippen molar-refractivity contribution in [2.45, 2.75) is 4.90 Å². The number of benzene rings is 2. The molecule has 0 bridgehead atoms. The van der Waals surface area contributed by atoms with Crippen LogP contribution in [0, 0.1) is 11.3 Å². The fourth-order valence-electron chi connectivity index (χ4n) is 2.31. The second-order valence-corrected chi connectivity index (χ2v) is 8.90. The molecule has 3 rings (SSSR count). The van der Waals surface area contributed by atoms with Crippen molar-refractivity contribution in [1.29, 1.82) is 5.26 Å². The SMILES string of the molecule is N#Cc1ccc(S(=O)(=O)Nc2ccsc2C(=O)Nc2cccc(Cl)c2)c(Cl)c1. The summed E-state index contributed by atoms with van der Waals surface area (Å²) in [5, 5.41) is 13.5. The number of carbonyl (C=O) groups excluding carboxylic acids is 1. The molecule has 0 spiro atoms. The quantitative estimate of drug-likeness (QED) is 0.570. The number of sulfonamides is 1. The van der Waals surface area contributed by atoms with E-state index in [1.807, 2.05) is 6.07 Å². The molecule has 0 saturated heterocycles. The highest BCUT2D eigenvalue weighted by Crippen LogP contribution is 2.29. The van der Waals surface area contributed by atoms with Crippen LogP contribution in [0.4, 0.5) is 11.4 Å². The number of rotatable bonds is 5. The van der Waals surface area contributed by atoms with Gasteiger partial charge in [-0.2, -0.15) is 5.26 Å². The van der Waals surface area contributed by atoms with Crippen molar-refractivity contribution in [3.63, 3.8) is 0 Å². The van der Waals surface area contributed by atoms with E-state index in [2.05, 4.69) is 10.0 Å². The average molecular weight is 452 g/mol. The lowest BCUT2D eigenvalue weighted by Crippen LogP contribution is -2.17. The van der Waals surface area contributed by atoms with Crippen LogP contribution in [-0.4, -0.2) is 14.3 Å². The molecule has 0 unspecified atom stereocenters. The van der Waals surface area contributed by atoms with E-state index < -0.39 is 15.9 Å². The third-order valence-electron chi connectivity index (χ3n) is 3.55.